The molecule has 0 spiro atoms. The number of rotatable bonds is 15. The van der Waals surface area contributed by atoms with Gasteiger partial charge in [-0.1, -0.05) is 0 Å². The molecule has 7 N–H and O–H groups in total. The minimum absolute atomic E-state index is 0.0458. The van der Waals surface area contributed by atoms with E-state index in [0.717, 1.165) is 0 Å². The van der Waals surface area contributed by atoms with Gasteiger partial charge in [0.25, 0.3) is 0 Å². The average molecular weight is 348 g/mol. The first-order valence-electron chi connectivity index (χ1n) is 8.22. The molecule has 0 aliphatic heterocycles. The number of carbonyl (C=O) groups is 2. The van der Waals surface area contributed by atoms with Crippen LogP contribution in [0.4, 0.5) is 0 Å². The fraction of sp³-hybridized carbons (Fsp3) is 0.867. The highest BCUT2D eigenvalue weighted by Crippen LogP contribution is 2.14. The first-order chi connectivity index (χ1) is 11.3. The van der Waals surface area contributed by atoms with E-state index in [1.807, 2.05) is 0 Å². The topological polar surface area (TPSA) is 148 Å². The van der Waals surface area contributed by atoms with E-state index in [1.165, 1.54) is 0 Å². The van der Waals surface area contributed by atoms with Gasteiger partial charge in [-0.2, -0.15) is 0 Å². The second-order valence-electron chi connectivity index (χ2n) is 6.02. The zero-order valence-electron chi connectivity index (χ0n) is 14.6. The van der Waals surface area contributed by atoms with Gasteiger partial charge in [0.15, 0.2) is 0 Å². The molecule has 9 nitrogen and oxygen atoms in total. The maximum absolute atomic E-state index is 11.5. The smallest absolute Gasteiger partial charge is 0.308 e. The van der Waals surface area contributed by atoms with Crippen LogP contribution in [-0.2, 0) is 9.59 Å². The van der Waals surface area contributed by atoms with Crippen LogP contribution >= 0.6 is 0 Å². The Morgan fingerprint density at radius 2 is 1.83 bits per heavy atom. The lowest BCUT2D eigenvalue weighted by molar-refractivity contribution is -0.144. The van der Waals surface area contributed by atoms with Crippen LogP contribution in [0.3, 0.4) is 0 Å². The van der Waals surface area contributed by atoms with E-state index in [2.05, 4.69) is 10.6 Å². The van der Waals surface area contributed by atoms with Crippen LogP contribution < -0.4 is 16.4 Å². The number of aliphatic carboxylic acids is 2. The molecular weight excluding hydrogens is 316 g/mol. The van der Waals surface area contributed by atoms with Crippen LogP contribution in [0.25, 0.3) is 0 Å². The number of hydrogen-bond donors (Lipinski definition) is 6. The van der Waals surface area contributed by atoms with Crippen molar-refractivity contribution in [1.82, 2.24) is 15.5 Å². The molecule has 0 aromatic rings. The van der Waals surface area contributed by atoms with Crippen LogP contribution in [-0.4, -0.2) is 84.7 Å². The van der Waals surface area contributed by atoms with Gasteiger partial charge in [-0.3, -0.25) is 14.5 Å². The van der Waals surface area contributed by atoms with Crippen molar-refractivity contribution in [3.05, 3.63) is 0 Å². The summed E-state index contributed by atoms with van der Waals surface area (Å²) >= 11 is 0. The first-order valence-corrected chi connectivity index (χ1v) is 8.22. The Kier molecular flexibility index (Phi) is 12.4. The van der Waals surface area contributed by atoms with Crippen LogP contribution in [0.15, 0.2) is 0 Å². The van der Waals surface area contributed by atoms with Crippen LogP contribution in [0.1, 0.15) is 25.7 Å². The largest absolute Gasteiger partial charge is 0.481 e. The molecular formula is C15H32N4O5. The molecule has 0 aliphatic carbocycles. The van der Waals surface area contributed by atoms with Gasteiger partial charge in [-0.25, -0.2) is 0 Å². The second kappa shape index (κ2) is 13.1. The summed E-state index contributed by atoms with van der Waals surface area (Å²) in [4.78, 5) is 23.8. The van der Waals surface area contributed by atoms with Gasteiger partial charge in [0.05, 0.1) is 5.92 Å². The van der Waals surface area contributed by atoms with Gasteiger partial charge in [-0.05, 0) is 39.9 Å². The molecule has 0 rings (SSSR count). The van der Waals surface area contributed by atoms with Crippen molar-refractivity contribution in [2.24, 2.45) is 11.7 Å². The monoisotopic (exact) mass is 348 g/mol. The Bertz CT molecular complexity index is 368. The lowest BCUT2D eigenvalue weighted by Crippen LogP contribution is -2.48. The maximum Gasteiger partial charge on any atom is 0.308 e. The number of hydrogen-bond acceptors (Lipinski definition) is 7. The summed E-state index contributed by atoms with van der Waals surface area (Å²) in [5.41, 5.74) is 5.47. The summed E-state index contributed by atoms with van der Waals surface area (Å²) in [5, 5.41) is 34.1. The number of nitrogens with zero attached hydrogens (tertiary/aromatic N) is 1. The van der Waals surface area contributed by atoms with Gasteiger partial charge in [0.2, 0.25) is 0 Å². The van der Waals surface area contributed by atoms with Gasteiger partial charge in [-0.15, -0.1) is 0 Å². The molecule has 3 atom stereocenters. The minimum atomic E-state index is -0.954. The Hall–Kier alpha value is -1.26. The van der Waals surface area contributed by atoms with E-state index >= 15 is 0 Å². The van der Waals surface area contributed by atoms with Crippen molar-refractivity contribution in [3.8, 4) is 0 Å². The molecule has 0 saturated carbocycles. The third-order valence-corrected chi connectivity index (χ3v) is 3.80. The summed E-state index contributed by atoms with van der Waals surface area (Å²) in [5.74, 6) is -2.58. The molecule has 9 heteroatoms. The lowest BCUT2D eigenvalue weighted by atomic mass is 9.93. The quantitative estimate of drug-likeness (QED) is 0.157. The standard InChI is InChI=1S/C15H32N4O5/c1-19(2)13(20)6-8-17-10-12(18-9-7-16)11(15(23)24)4-3-5-14(21)22/h11-13,17-18,20H,3-10,16H2,1-2H3,(H,21,22)(H,23,24). The van der Waals surface area contributed by atoms with E-state index in [9.17, 15) is 19.8 Å². The van der Waals surface area contributed by atoms with E-state index in [0.29, 0.717) is 39.0 Å². The molecule has 0 fully saturated rings. The SMILES string of the molecule is CN(C)C(O)CCNCC(NCCN)C(CCCC(=O)O)C(=O)O. The number of nitrogens with two attached hydrogens (primary N) is 1. The van der Waals surface area contributed by atoms with Gasteiger partial charge in [0.1, 0.15) is 6.23 Å². The number of carboxylic acid groups (broad SMARTS) is 2. The number of carboxylic acids is 2. The van der Waals surface area contributed by atoms with Gasteiger partial charge < -0.3 is 31.7 Å². The van der Waals surface area contributed by atoms with Crippen LogP contribution in [0, 0.1) is 5.92 Å². The maximum atomic E-state index is 11.5. The molecule has 0 amide bonds. The molecule has 0 radical (unpaired) electrons. The second-order valence-corrected chi connectivity index (χ2v) is 6.02. The van der Waals surface area contributed by atoms with Crippen molar-refractivity contribution in [2.45, 2.75) is 38.0 Å². The first kappa shape index (κ1) is 22.7. The highest BCUT2D eigenvalue weighted by molar-refractivity contribution is 5.71. The molecule has 24 heavy (non-hydrogen) atoms. The molecule has 0 saturated heterocycles. The van der Waals surface area contributed by atoms with E-state index in [1.54, 1.807) is 19.0 Å². The van der Waals surface area contributed by atoms with Crippen molar-refractivity contribution in [3.63, 3.8) is 0 Å². The summed E-state index contributed by atoms with van der Waals surface area (Å²) in [6, 6.07) is -0.351. The van der Waals surface area contributed by atoms with Crippen molar-refractivity contribution in [2.75, 3.05) is 40.3 Å². The molecule has 0 aromatic heterocycles. The van der Waals surface area contributed by atoms with Crippen molar-refractivity contribution >= 4 is 11.9 Å². The molecule has 0 aliphatic rings. The predicted octanol–water partition coefficient (Wildman–Crippen LogP) is -1.28. The van der Waals surface area contributed by atoms with Crippen LogP contribution in [0.5, 0.6) is 0 Å². The Balaban J connectivity index is 4.50. The Morgan fingerprint density at radius 3 is 2.33 bits per heavy atom. The van der Waals surface area contributed by atoms with Gasteiger partial charge in [0, 0.05) is 32.1 Å². The molecule has 0 heterocycles. The summed E-state index contributed by atoms with van der Waals surface area (Å²) < 4.78 is 0. The summed E-state index contributed by atoms with van der Waals surface area (Å²) in [6.45, 7) is 1.82. The van der Waals surface area contributed by atoms with Crippen molar-refractivity contribution in [1.29, 1.82) is 0 Å². The number of nitrogens with one attached hydrogen (secondary N) is 2. The fourth-order valence-electron chi connectivity index (χ4n) is 2.34. The highest BCUT2D eigenvalue weighted by atomic mass is 16.4. The third kappa shape index (κ3) is 10.5. The van der Waals surface area contributed by atoms with Crippen molar-refractivity contribution < 1.29 is 24.9 Å². The zero-order chi connectivity index (χ0) is 18.5. The van der Waals surface area contributed by atoms with Crippen LogP contribution in [0.2, 0.25) is 0 Å². The molecule has 142 valence electrons. The number of aliphatic hydroxyl groups excluding tert-OH is 1. The third-order valence-electron chi connectivity index (χ3n) is 3.80. The molecule has 3 unspecified atom stereocenters. The highest BCUT2D eigenvalue weighted by Gasteiger charge is 2.27. The fourth-order valence-corrected chi connectivity index (χ4v) is 2.34. The summed E-state index contributed by atoms with van der Waals surface area (Å²) in [7, 11) is 3.55. The van der Waals surface area contributed by atoms with E-state index in [4.69, 9.17) is 10.8 Å². The Labute approximate surface area is 143 Å². The number of aliphatic hydroxyl groups is 1. The zero-order valence-corrected chi connectivity index (χ0v) is 14.6. The normalized spacial score (nSPS) is 15.2. The average Bonchev–Trinajstić information content (AvgIpc) is 2.50. The lowest BCUT2D eigenvalue weighted by Gasteiger charge is -2.26. The van der Waals surface area contributed by atoms with E-state index < -0.39 is 24.1 Å². The Morgan fingerprint density at radius 1 is 1.17 bits per heavy atom. The summed E-state index contributed by atoms with van der Waals surface area (Å²) in [6.07, 6.45) is 0.514. The minimum Gasteiger partial charge on any atom is -0.481 e. The molecule has 0 bridgehead atoms. The van der Waals surface area contributed by atoms with Gasteiger partial charge >= 0.3 is 11.9 Å². The molecule has 0 aromatic carbocycles. The van der Waals surface area contributed by atoms with E-state index in [-0.39, 0.29) is 18.9 Å². The predicted molar refractivity (Wildman–Crippen MR) is 90.6 cm³/mol.